The van der Waals surface area contributed by atoms with Gasteiger partial charge in [0.05, 0.1) is 17.2 Å². The maximum atomic E-state index is 13.1. The van der Waals surface area contributed by atoms with Crippen molar-refractivity contribution in [3.05, 3.63) is 70.8 Å². The molecule has 0 saturated carbocycles. The summed E-state index contributed by atoms with van der Waals surface area (Å²) in [5, 5.41) is 22.0. The van der Waals surface area contributed by atoms with Crippen LogP contribution >= 0.6 is 0 Å². The van der Waals surface area contributed by atoms with Crippen LogP contribution in [0.2, 0.25) is 0 Å². The Morgan fingerprint density at radius 1 is 1.13 bits per heavy atom. The molecule has 3 rings (SSSR count). The monoisotopic (exact) mass is 423 g/mol. The number of fused-ring (bicyclic) bond motifs is 1. The number of carboxylic acids is 1. The second kappa shape index (κ2) is 9.88. The second-order valence-corrected chi connectivity index (χ2v) is 7.40. The molecule has 2 aromatic carbocycles. The number of nitrogens with zero attached hydrogens (tertiary/aromatic N) is 2. The Morgan fingerprint density at radius 2 is 1.84 bits per heavy atom. The van der Waals surface area contributed by atoms with Gasteiger partial charge < -0.3 is 15.5 Å². The third kappa shape index (κ3) is 5.28. The molecule has 0 bridgehead atoms. The molecule has 0 aliphatic heterocycles. The summed E-state index contributed by atoms with van der Waals surface area (Å²) in [5.74, 6) is -1.65. The molecular formula is C23H25N3O5. The molecule has 2 unspecified atom stereocenters. The molecular weight excluding hydrogens is 398 g/mol. The number of nitrogens with one attached hydrogen (secondary N) is 1. The van der Waals surface area contributed by atoms with Gasteiger partial charge in [0.2, 0.25) is 5.91 Å². The van der Waals surface area contributed by atoms with Gasteiger partial charge in [-0.3, -0.25) is 14.2 Å². The van der Waals surface area contributed by atoms with Crippen molar-refractivity contribution in [2.45, 2.75) is 44.7 Å². The first-order valence-corrected chi connectivity index (χ1v) is 10.2. The molecule has 31 heavy (non-hydrogen) atoms. The standard InChI is InChI=1S/C23H25N3O5/c1-2-3-8-20(26-14-24-18-7-5-4-6-17(18)22(26)29)21(28)25-19(23(30)31)13-15-9-11-16(27)12-10-15/h4-7,9-12,14,19-20,27H,2-3,8,13H2,1H3,(H,25,28)(H,30,31). The Kier molecular flexibility index (Phi) is 7.02. The molecule has 0 fully saturated rings. The zero-order chi connectivity index (χ0) is 22.4. The van der Waals surface area contributed by atoms with Crippen molar-refractivity contribution in [1.29, 1.82) is 0 Å². The van der Waals surface area contributed by atoms with Gasteiger partial charge in [-0.05, 0) is 36.2 Å². The van der Waals surface area contributed by atoms with Crippen LogP contribution < -0.4 is 10.9 Å². The van der Waals surface area contributed by atoms with E-state index in [2.05, 4.69) is 10.3 Å². The molecule has 0 radical (unpaired) electrons. The average Bonchev–Trinajstić information content (AvgIpc) is 2.76. The Labute approximate surface area is 179 Å². The van der Waals surface area contributed by atoms with Crippen LogP contribution in [0, 0.1) is 0 Å². The number of benzene rings is 2. The van der Waals surface area contributed by atoms with E-state index in [9.17, 15) is 24.6 Å². The summed E-state index contributed by atoms with van der Waals surface area (Å²) in [7, 11) is 0. The molecule has 2 atom stereocenters. The lowest BCUT2D eigenvalue weighted by atomic mass is 10.0. The third-order valence-corrected chi connectivity index (χ3v) is 5.15. The van der Waals surface area contributed by atoms with E-state index < -0.39 is 24.0 Å². The van der Waals surface area contributed by atoms with Crippen molar-refractivity contribution < 1.29 is 19.8 Å². The molecule has 0 saturated heterocycles. The first-order valence-electron chi connectivity index (χ1n) is 10.2. The van der Waals surface area contributed by atoms with Crippen LogP contribution in [0.5, 0.6) is 5.75 Å². The van der Waals surface area contributed by atoms with Crippen molar-refractivity contribution in [1.82, 2.24) is 14.9 Å². The number of para-hydroxylation sites is 1. The number of aliphatic carboxylic acids is 1. The number of aromatic nitrogens is 2. The fourth-order valence-corrected chi connectivity index (χ4v) is 3.43. The number of carboxylic acid groups (broad SMARTS) is 1. The summed E-state index contributed by atoms with van der Waals surface area (Å²) in [5.41, 5.74) is 0.849. The summed E-state index contributed by atoms with van der Waals surface area (Å²) in [4.78, 5) is 42.1. The van der Waals surface area contributed by atoms with E-state index in [1.54, 1.807) is 36.4 Å². The number of amides is 1. The molecule has 162 valence electrons. The lowest BCUT2D eigenvalue weighted by molar-refractivity contribution is -0.142. The number of phenols is 1. The highest BCUT2D eigenvalue weighted by molar-refractivity contribution is 5.86. The number of phenolic OH excluding ortho intramolecular Hbond substituents is 1. The molecule has 1 aromatic heterocycles. The van der Waals surface area contributed by atoms with Crippen molar-refractivity contribution >= 4 is 22.8 Å². The smallest absolute Gasteiger partial charge is 0.326 e. The van der Waals surface area contributed by atoms with Gasteiger partial charge in [-0.1, -0.05) is 44.0 Å². The summed E-state index contributed by atoms with van der Waals surface area (Å²) in [6, 6.07) is 11.0. The van der Waals surface area contributed by atoms with Gasteiger partial charge >= 0.3 is 5.97 Å². The van der Waals surface area contributed by atoms with E-state index in [0.29, 0.717) is 29.3 Å². The lowest BCUT2D eigenvalue weighted by Crippen LogP contribution is -2.46. The number of aromatic hydroxyl groups is 1. The number of hydrogen-bond acceptors (Lipinski definition) is 5. The van der Waals surface area contributed by atoms with Crippen LogP contribution in [0.15, 0.2) is 59.7 Å². The SMILES string of the molecule is CCCCC(C(=O)NC(Cc1ccc(O)cc1)C(=O)O)n1cnc2ccccc2c1=O. The molecule has 3 N–H and O–H groups in total. The summed E-state index contributed by atoms with van der Waals surface area (Å²) < 4.78 is 1.28. The highest BCUT2D eigenvalue weighted by Crippen LogP contribution is 2.17. The number of hydrogen-bond donors (Lipinski definition) is 3. The molecule has 3 aromatic rings. The Morgan fingerprint density at radius 3 is 2.52 bits per heavy atom. The zero-order valence-corrected chi connectivity index (χ0v) is 17.2. The average molecular weight is 423 g/mol. The normalized spacial score (nSPS) is 12.9. The van der Waals surface area contributed by atoms with Crippen LogP contribution in [-0.2, 0) is 16.0 Å². The fourth-order valence-electron chi connectivity index (χ4n) is 3.43. The number of rotatable bonds is 9. The van der Waals surface area contributed by atoms with Crippen LogP contribution in [0.25, 0.3) is 10.9 Å². The van der Waals surface area contributed by atoms with Crippen molar-refractivity contribution in [2.75, 3.05) is 0 Å². The lowest BCUT2D eigenvalue weighted by Gasteiger charge is -2.22. The highest BCUT2D eigenvalue weighted by Gasteiger charge is 2.27. The minimum absolute atomic E-state index is 0.0483. The van der Waals surface area contributed by atoms with Crippen LogP contribution in [0.4, 0.5) is 0 Å². The predicted molar refractivity (Wildman–Crippen MR) is 116 cm³/mol. The summed E-state index contributed by atoms with van der Waals surface area (Å²) >= 11 is 0. The van der Waals surface area contributed by atoms with Gasteiger partial charge in [0.15, 0.2) is 0 Å². The summed E-state index contributed by atoms with van der Waals surface area (Å²) in [6.45, 7) is 1.97. The van der Waals surface area contributed by atoms with E-state index in [4.69, 9.17) is 0 Å². The van der Waals surface area contributed by atoms with Gasteiger partial charge in [-0.2, -0.15) is 0 Å². The Hall–Kier alpha value is -3.68. The second-order valence-electron chi connectivity index (χ2n) is 7.40. The third-order valence-electron chi connectivity index (χ3n) is 5.15. The van der Waals surface area contributed by atoms with Crippen molar-refractivity contribution in [3.8, 4) is 5.75 Å². The van der Waals surface area contributed by atoms with Crippen LogP contribution in [0.1, 0.15) is 37.8 Å². The van der Waals surface area contributed by atoms with E-state index in [-0.39, 0.29) is 17.7 Å². The van der Waals surface area contributed by atoms with Gasteiger partial charge in [-0.15, -0.1) is 0 Å². The van der Waals surface area contributed by atoms with Gasteiger partial charge in [0.1, 0.15) is 17.8 Å². The van der Waals surface area contributed by atoms with Gasteiger partial charge in [0.25, 0.3) is 5.56 Å². The highest BCUT2D eigenvalue weighted by atomic mass is 16.4. The number of carbonyl (C=O) groups is 2. The first kappa shape index (κ1) is 22.0. The van der Waals surface area contributed by atoms with E-state index in [1.807, 2.05) is 6.92 Å². The molecule has 8 heteroatoms. The quantitative estimate of drug-likeness (QED) is 0.486. The van der Waals surface area contributed by atoms with Crippen LogP contribution in [0.3, 0.4) is 0 Å². The number of unbranched alkanes of at least 4 members (excludes halogenated alkanes) is 1. The molecule has 0 aliphatic carbocycles. The Bertz CT molecular complexity index is 1120. The maximum Gasteiger partial charge on any atom is 0.326 e. The largest absolute Gasteiger partial charge is 0.508 e. The molecule has 1 amide bonds. The van der Waals surface area contributed by atoms with E-state index >= 15 is 0 Å². The van der Waals surface area contributed by atoms with E-state index in [0.717, 1.165) is 6.42 Å². The van der Waals surface area contributed by atoms with E-state index in [1.165, 1.54) is 23.0 Å². The van der Waals surface area contributed by atoms with Gasteiger partial charge in [0, 0.05) is 6.42 Å². The molecule has 1 heterocycles. The zero-order valence-electron chi connectivity index (χ0n) is 17.2. The molecule has 0 spiro atoms. The fraction of sp³-hybridized carbons (Fsp3) is 0.304. The van der Waals surface area contributed by atoms with Crippen LogP contribution in [-0.4, -0.2) is 37.7 Å². The van der Waals surface area contributed by atoms with Crippen molar-refractivity contribution in [2.24, 2.45) is 0 Å². The Balaban J connectivity index is 1.88. The minimum atomic E-state index is -1.18. The molecule has 8 nitrogen and oxygen atoms in total. The van der Waals surface area contributed by atoms with Gasteiger partial charge in [-0.25, -0.2) is 9.78 Å². The predicted octanol–water partition coefficient (Wildman–Crippen LogP) is 2.65. The summed E-state index contributed by atoms with van der Waals surface area (Å²) in [6.07, 6.45) is 3.28. The minimum Gasteiger partial charge on any atom is -0.508 e. The molecule has 0 aliphatic rings. The maximum absolute atomic E-state index is 13.1. The number of carbonyl (C=O) groups excluding carboxylic acids is 1. The topological polar surface area (TPSA) is 122 Å². The van der Waals surface area contributed by atoms with Crippen molar-refractivity contribution in [3.63, 3.8) is 0 Å². The first-order chi connectivity index (χ1) is 14.9.